The monoisotopic (exact) mass is 312 g/mol. The van der Waals surface area contributed by atoms with Crippen LogP contribution >= 0.6 is 23.8 Å². The van der Waals surface area contributed by atoms with Crippen LogP contribution in [0.2, 0.25) is 5.02 Å². The van der Waals surface area contributed by atoms with Crippen LogP contribution in [0.1, 0.15) is 11.1 Å². The van der Waals surface area contributed by atoms with Crippen LogP contribution in [0, 0.1) is 18.6 Å². The molecule has 0 heterocycles. The molecule has 2 aromatic carbocycles. The Balaban J connectivity index is 2.53. The SMILES string of the molecule is Cc1ccc(F)c(Nc2cc(Cl)ccc2C(N)=S)c1F. The molecule has 0 amide bonds. The van der Waals surface area contributed by atoms with Crippen LogP contribution in [0.4, 0.5) is 20.2 Å². The number of benzene rings is 2. The lowest BCUT2D eigenvalue weighted by atomic mass is 10.1. The number of hydrogen-bond donors (Lipinski definition) is 2. The molecule has 2 aromatic rings. The van der Waals surface area contributed by atoms with Crippen LogP contribution < -0.4 is 11.1 Å². The maximum atomic E-state index is 14.0. The van der Waals surface area contributed by atoms with E-state index in [1.54, 1.807) is 19.1 Å². The maximum Gasteiger partial charge on any atom is 0.152 e. The molecule has 0 aliphatic rings. The third kappa shape index (κ3) is 2.89. The van der Waals surface area contributed by atoms with Gasteiger partial charge in [-0.2, -0.15) is 0 Å². The van der Waals surface area contributed by atoms with Crippen molar-refractivity contribution in [2.75, 3.05) is 5.32 Å². The minimum absolute atomic E-state index is 0.109. The van der Waals surface area contributed by atoms with Crippen molar-refractivity contribution in [1.82, 2.24) is 0 Å². The van der Waals surface area contributed by atoms with Gasteiger partial charge < -0.3 is 11.1 Å². The van der Waals surface area contributed by atoms with Crippen LogP contribution in [0.15, 0.2) is 30.3 Å². The molecule has 0 aliphatic carbocycles. The molecule has 0 aliphatic heterocycles. The molecular formula is C14H11ClF2N2S. The Morgan fingerprint density at radius 3 is 2.60 bits per heavy atom. The highest BCUT2D eigenvalue weighted by Crippen LogP contribution is 2.29. The van der Waals surface area contributed by atoms with Crippen molar-refractivity contribution in [3.63, 3.8) is 0 Å². The first-order valence-electron chi connectivity index (χ1n) is 5.71. The Kier molecular flexibility index (Phi) is 4.20. The molecule has 0 radical (unpaired) electrons. The molecule has 0 bridgehead atoms. The highest BCUT2D eigenvalue weighted by Gasteiger charge is 2.14. The summed E-state index contributed by atoms with van der Waals surface area (Å²) in [5, 5.41) is 3.07. The standard InChI is InChI=1S/C14H11ClF2N2S/c1-7-2-5-10(16)13(12(7)17)19-11-6-8(15)3-4-9(11)14(18)20/h2-6,19H,1H3,(H2,18,20). The predicted octanol–water partition coefficient (Wildman–Crippen LogP) is 4.30. The van der Waals surface area contributed by atoms with Crippen LogP contribution in [0.3, 0.4) is 0 Å². The van der Waals surface area contributed by atoms with Crippen molar-refractivity contribution < 1.29 is 8.78 Å². The minimum atomic E-state index is -0.707. The van der Waals surface area contributed by atoms with Crippen molar-refractivity contribution in [2.45, 2.75) is 6.92 Å². The summed E-state index contributed by atoms with van der Waals surface area (Å²) in [6.45, 7) is 1.55. The lowest BCUT2D eigenvalue weighted by Crippen LogP contribution is -2.12. The Morgan fingerprint density at radius 2 is 1.95 bits per heavy atom. The van der Waals surface area contributed by atoms with E-state index in [1.165, 1.54) is 18.2 Å². The smallest absolute Gasteiger partial charge is 0.152 e. The van der Waals surface area contributed by atoms with E-state index in [0.29, 0.717) is 21.8 Å². The van der Waals surface area contributed by atoms with Crippen LogP contribution in [-0.2, 0) is 0 Å². The molecule has 20 heavy (non-hydrogen) atoms. The zero-order chi connectivity index (χ0) is 14.9. The second-order valence-electron chi connectivity index (χ2n) is 4.23. The molecule has 0 spiro atoms. The van der Waals surface area contributed by atoms with Gasteiger partial charge in [-0.05, 0) is 36.8 Å². The minimum Gasteiger partial charge on any atom is -0.389 e. The Labute approximate surface area is 125 Å². The van der Waals surface area contributed by atoms with Gasteiger partial charge in [-0.25, -0.2) is 8.78 Å². The third-order valence-electron chi connectivity index (χ3n) is 2.79. The fraction of sp³-hybridized carbons (Fsp3) is 0.0714. The molecule has 0 aromatic heterocycles. The molecular weight excluding hydrogens is 302 g/mol. The first-order chi connectivity index (χ1) is 9.40. The van der Waals surface area contributed by atoms with E-state index in [4.69, 9.17) is 29.6 Å². The summed E-state index contributed by atoms with van der Waals surface area (Å²) in [6.07, 6.45) is 0. The van der Waals surface area contributed by atoms with Crippen molar-refractivity contribution in [3.8, 4) is 0 Å². The number of thiocarbonyl (C=S) groups is 1. The molecule has 2 rings (SSSR count). The number of hydrogen-bond acceptors (Lipinski definition) is 2. The summed E-state index contributed by atoms with van der Waals surface area (Å²) < 4.78 is 27.7. The molecule has 0 saturated carbocycles. The van der Waals surface area contributed by atoms with Crippen LogP contribution in [-0.4, -0.2) is 4.99 Å². The number of nitrogens with two attached hydrogens (primary N) is 1. The average molecular weight is 313 g/mol. The van der Waals surface area contributed by atoms with E-state index >= 15 is 0 Å². The molecule has 0 fully saturated rings. The molecule has 3 N–H and O–H groups in total. The van der Waals surface area contributed by atoms with E-state index in [9.17, 15) is 8.78 Å². The first-order valence-corrected chi connectivity index (χ1v) is 6.49. The van der Waals surface area contributed by atoms with Crippen molar-refractivity contribution >= 4 is 40.2 Å². The van der Waals surface area contributed by atoms with Gasteiger partial charge in [0.15, 0.2) is 5.82 Å². The van der Waals surface area contributed by atoms with Gasteiger partial charge in [0.25, 0.3) is 0 Å². The van der Waals surface area contributed by atoms with Crippen molar-refractivity contribution in [1.29, 1.82) is 0 Å². The van der Waals surface area contributed by atoms with Gasteiger partial charge in [-0.15, -0.1) is 0 Å². The summed E-state index contributed by atoms with van der Waals surface area (Å²) in [5.41, 5.74) is 6.47. The fourth-order valence-electron chi connectivity index (χ4n) is 1.74. The summed E-state index contributed by atoms with van der Waals surface area (Å²) in [4.78, 5) is 0.109. The molecule has 6 heteroatoms. The summed E-state index contributed by atoms with van der Waals surface area (Å²) in [5.74, 6) is -1.37. The van der Waals surface area contributed by atoms with Crippen LogP contribution in [0.25, 0.3) is 0 Å². The Hall–Kier alpha value is -1.72. The molecule has 0 unspecified atom stereocenters. The lowest BCUT2D eigenvalue weighted by Gasteiger charge is -2.14. The molecule has 0 atom stereocenters. The Morgan fingerprint density at radius 1 is 1.25 bits per heavy atom. The highest BCUT2D eigenvalue weighted by molar-refractivity contribution is 7.80. The molecule has 104 valence electrons. The number of anilines is 2. The largest absolute Gasteiger partial charge is 0.389 e. The fourth-order valence-corrected chi connectivity index (χ4v) is 2.09. The number of aryl methyl sites for hydroxylation is 1. The third-order valence-corrected chi connectivity index (χ3v) is 3.25. The van der Waals surface area contributed by atoms with Gasteiger partial charge in [0.1, 0.15) is 16.5 Å². The van der Waals surface area contributed by atoms with Crippen molar-refractivity contribution in [2.24, 2.45) is 5.73 Å². The van der Waals surface area contributed by atoms with Gasteiger partial charge in [0.05, 0.1) is 5.69 Å². The second-order valence-corrected chi connectivity index (χ2v) is 5.11. The van der Waals surface area contributed by atoms with E-state index < -0.39 is 11.6 Å². The summed E-state index contributed by atoms with van der Waals surface area (Å²) in [7, 11) is 0. The lowest BCUT2D eigenvalue weighted by molar-refractivity contribution is 0.585. The zero-order valence-corrected chi connectivity index (χ0v) is 12.1. The first kappa shape index (κ1) is 14.7. The zero-order valence-electron chi connectivity index (χ0n) is 10.5. The summed E-state index contributed by atoms with van der Waals surface area (Å²) >= 11 is 10.8. The maximum absolute atomic E-state index is 14.0. The number of halogens is 3. The quantitative estimate of drug-likeness (QED) is 0.830. The number of rotatable bonds is 3. The van der Waals surface area contributed by atoms with Gasteiger partial charge in [-0.1, -0.05) is 29.9 Å². The average Bonchev–Trinajstić information content (AvgIpc) is 2.39. The molecule has 0 saturated heterocycles. The number of nitrogens with one attached hydrogen (secondary N) is 1. The van der Waals surface area contributed by atoms with E-state index in [0.717, 1.165) is 0 Å². The van der Waals surface area contributed by atoms with Crippen molar-refractivity contribution in [3.05, 3.63) is 58.1 Å². The Bertz CT molecular complexity index is 689. The van der Waals surface area contributed by atoms with Gasteiger partial charge in [-0.3, -0.25) is 0 Å². The van der Waals surface area contributed by atoms with Gasteiger partial charge in [0.2, 0.25) is 0 Å². The van der Waals surface area contributed by atoms with Crippen LogP contribution in [0.5, 0.6) is 0 Å². The predicted molar refractivity (Wildman–Crippen MR) is 81.7 cm³/mol. The van der Waals surface area contributed by atoms with E-state index in [2.05, 4.69) is 5.32 Å². The van der Waals surface area contributed by atoms with E-state index in [-0.39, 0.29) is 10.7 Å². The van der Waals surface area contributed by atoms with E-state index in [1.807, 2.05) is 0 Å². The normalized spacial score (nSPS) is 10.4. The van der Waals surface area contributed by atoms with Gasteiger partial charge in [0, 0.05) is 10.6 Å². The highest BCUT2D eigenvalue weighted by atomic mass is 35.5. The second kappa shape index (κ2) is 5.73. The summed E-state index contributed by atoms with van der Waals surface area (Å²) in [6, 6.07) is 7.26. The topological polar surface area (TPSA) is 38.0 Å². The van der Waals surface area contributed by atoms with Gasteiger partial charge >= 0.3 is 0 Å². The molecule has 2 nitrogen and oxygen atoms in total.